The monoisotopic (exact) mass is 407 g/mol. The summed E-state index contributed by atoms with van der Waals surface area (Å²) >= 11 is 0. The van der Waals surface area contributed by atoms with E-state index in [2.05, 4.69) is 17.1 Å². The quantitative estimate of drug-likeness (QED) is 0.671. The van der Waals surface area contributed by atoms with E-state index in [1.165, 1.54) is 0 Å². The van der Waals surface area contributed by atoms with Crippen LogP contribution in [0.1, 0.15) is 68.6 Å². The highest BCUT2D eigenvalue weighted by molar-refractivity contribution is 7.89. The van der Waals surface area contributed by atoms with Crippen molar-refractivity contribution in [2.75, 3.05) is 37.6 Å². The second-order valence-corrected chi connectivity index (χ2v) is 9.74. The van der Waals surface area contributed by atoms with Gasteiger partial charge in [-0.1, -0.05) is 26.2 Å². The molecule has 0 unspecified atom stereocenters. The van der Waals surface area contributed by atoms with Crippen molar-refractivity contribution in [3.8, 4) is 0 Å². The van der Waals surface area contributed by atoms with E-state index in [0.29, 0.717) is 25.2 Å². The summed E-state index contributed by atoms with van der Waals surface area (Å²) in [4.78, 5) is 15.3. The number of sulfonamides is 1. The van der Waals surface area contributed by atoms with Gasteiger partial charge in [0.05, 0.1) is 10.5 Å². The first kappa shape index (κ1) is 21.1. The van der Waals surface area contributed by atoms with Crippen LogP contribution in [-0.4, -0.2) is 51.4 Å². The van der Waals surface area contributed by atoms with Gasteiger partial charge >= 0.3 is 0 Å². The Morgan fingerprint density at radius 2 is 1.68 bits per heavy atom. The predicted molar refractivity (Wildman–Crippen MR) is 112 cm³/mol. The lowest BCUT2D eigenvalue weighted by Gasteiger charge is -2.27. The SMILES string of the molecule is CCCCCNC(=O)c1cc(S(=O)(=O)N2CCCCC2)ccc1N1CCCC1. The highest BCUT2D eigenvalue weighted by atomic mass is 32.2. The Labute approximate surface area is 169 Å². The zero-order valence-corrected chi connectivity index (χ0v) is 17.8. The Kier molecular flexibility index (Phi) is 7.35. The number of hydrogen-bond donors (Lipinski definition) is 1. The molecule has 0 radical (unpaired) electrons. The largest absolute Gasteiger partial charge is 0.371 e. The third-order valence-corrected chi connectivity index (χ3v) is 7.57. The van der Waals surface area contributed by atoms with Gasteiger partial charge in [-0.05, 0) is 50.3 Å². The van der Waals surface area contributed by atoms with E-state index < -0.39 is 10.0 Å². The zero-order valence-electron chi connectivity index (χ0n) is 17.0. The van der Waals surface area contributed by atoms with Gasteiger partial charge in [-0.25, -0.2) is 8.42 Å². The summed E-state index contributed by atoms with van der Waals surface area (Å²) in [6, 6.07) is 5.08. The number of hydrogen-bond acceptors (Lipinski definition) is 4. The summed E-state index contributed by atoms with van der Waals surface area (Å²) in [5.74, 6) is -0.173. The number of rotatable bonds is 8. The topological polar surface area (TPSA) is 69.7 Å². The minimum absolute atomic E-state index is 0.173. The number of nitrogens with one attached hydrogen (secondary N) is 1. The van der Waals surface area contributed by atoms with Crippen molar-refractivity contribution in [3.63, 3.8) is 0 Å². The number of nitrogens with zero attached hydrogens (tertiary/aromatic N) is 2. The Bertz CT molecular complexity index is 767. The summed E-state index contributed by atoms with van der Waals surface area (Å²) in [5.41, 5.74) is 1.33. The van der Waals surface area contributed by atoms with Crippen LogP contribution in [0.3, 0.4) is 0 Å². The highest BCUT2D eigenvalue weighted by Gasteiger charge is 2.28. The number of anilines is 1. The number of amides is 1. The average Bonchev–Trinajstić information content (AvgIpc) is 3.26. The maximum absolute atomic E-state index is 13.1. The molecule has 28 heavy (non-hydrogen) atoms. The molecule has 2 heterocycles. The molecule has 0 bridgehead atoms. The van der Waals surface area contributed by atoms with Crippen LogP contribution in [0.15, 0.2) is 23.1 Å². The lowest BCUT2D eigenvalue weighted by molar-refractivity contribution is 0.0953. The third kappa shape index (κ3) is 4.87. The molecule has 1 aromatic rings. The van der Waals surface area contributed by atoms with Crippen molar-refractivity contribution in [2.45, 2.75) is 63.2 Å². The molecule has 0 saturated carbocycles. The number of carbonyl (C=O) groups excluding carboxylic acids is 1. The molecular formula is C21H33N3O3S. The second-order valence-electron chi connectivity index (χ2n) is 7.80. The fraction of sp³-hybridized carbons (Fsp3) is 0.667. The zero-order chi connectivity index (χ0) is 20.0. The molecule has 1 amide bonds. The highest BCUT2D eigenvalue weighted by Crippen LogP contribution is 2.29. The van der Waals surface area contributed by atoms with Crippen LogP contribution in [0.4, 0.5) is 5.69 Å². The molecule has 0 aromatic heterocycles. The van der Waals surface area contributed by atoms with Gasteiger partial charge in [0.25, 0.3) is 5.91 Å². The predicted octanol–water partition coefficient (Wildman–Crippen LogP) is 3.38. The van der Waals surface area contributed by atoms with E-state index in [1.54, 1.807) is 16.4 Å². The summed E-state index contributed by atoms with van der Waals surface area (Å²) in [7, 11) is -3.55. The van der Waals surface area contributed by atoms with Gasteiger partial charge < -0.3 is 10.2 Å². The van der Waals surface area contributed by atoms with Gasteiger partial charge in [-0.3, -0.25) is 4.79 Å². The molecular weight excluding hydrogens is 374 g/mol. The van der Waals surface area contributed by atoms with E-state index >= 15 is 0 Å². The van der Waals surface area contributed by atoms with Gasteiger partial charge in [-0.2, -0.15) is 4.31 Å². The van der Waals surface area contributed by atoms with Crippen molar-refractivity contribution < 1.29 is 13.2 Å². The smallest absolute Gasteiger partial charge is 0.253 e. The Balaban J connectivity index is 1.87. The van der Waals surface area contributed by atoms with Crippen LogP contribution >= 0.6 is 0 Å². The average molecular weight is 408 g/mol. The van der Waals surface area contributed by atoms with Crippen LogP contribution in [0.5, 0.6) is 0 Å². The fourth-order valence-electron chi connectivity index (χ4n) is 4.02. The van der Waals surface area contributed by atoms with E-state index in [9.17, 15) is 13.2 Å². The van der Waals surface area contributed by atoms with E-state index in [4.69, 9.17) is 0 Å². The van der Waals surface area contributed by atoms with Crippen molar-refractivity contribution in [2.24, 2.45) is 0 Å². The van der Waals surface area contributed by atoms with Gasteiger partial charge in [0.2, 0.25) is 10.0 Å². The van der Waals surface area contributed by atoms with E-state index in [1.807, 2.05) is 6.07 Å². The van der Waals surface area contributed by atoms with Gasteiger partial charge in [0.15, 0.2) is 0 Å². The molecule has 0 aliphatic carbocycles. The van der Waals surface area contributed by atoms with Gasteiger partial charge in [0, 0.05) is 38.4 Å². The lowest BCUT2D eigenvalue weighted by Crippen LogP contribution is -2.36. The Hall–Kier alpha value is -1.60. The Morgan fingerprint density at radius 1 is 1.00 bits per heavy atom. The molecule has 0 spiro atoms. The van der Waals surface area contributed by atoms with Gasteiger partial charge in [-0.15, -0.1) is 0 Å². The third-order valence-electron chi connectivity index (χ3n) is 5.68. The summed E-state index contributed by atoms with van der Waals surface area (Å²) in [5, 5.41) is 2.98. The van der Waals surface area contributed by atoms with Crippen LogP contribution in [0, 0.1) is 0 Å². The van der Waals surface area contributed by atoms with Crippen LogP contribution in [0.25, 0.3) is 0 Å². The minimum atomic E-state index is -3.55. The molecule has 7 heteroatoms. The molecule has 1 aromatic carbocycles. The normalized spacial score (nSPS) is 18.4. The number of piperidine rings is 1. The molecule has 2 fully saturated rings. The Morgan fingerprint density at radius 3 is 2.36 bits per heavy atom. The molecule has 6 nitrogen and oxygen atoms in total. The first-order valence-electron chi connectivity index (χ1n) is 10.7. The summed E-state index contributed by atoms with van der Waals surface area (Å²) in [6.07, 6.45) is 8.18. The second kappa shape index (κ2) is 9.74. The van der Waals surface area contributed by atoms with Crippen molar-refractivity contribution in [3.05, 3.63) is 23.8 Å². The molecule has 1 N–H and O–H groups in total. The number of carbonyl (C=O) groups is 1. The van der Waals surface area contributed by atoms with E-state index in [0.717, 1.165) is 70.1 Å². The maximum atomic E-state index is 13.1. The summed E-state index contributed by atoms with van der Waals surface area (Å²) < 4.78 is 27.7. The first-order chi connectivity index (χ1) is 13.5. The fourth-order valence-corrected chi connectivity index (χ4v) is 5.56. The molecule has 0 atom stereocenters. The molecule has 2 aliphatic rings. The van der Waals surface area contributed by atoms with Gasteiger partial charge in [0.1, 0.15) is 0 Å². The number of benzene rings is 1. The first-order valence-corrected chi connectivity index (χ1v) is 12.2. The summed E-state index contributed by atoms with van der Waals surface area (Å²) in [6.45, 7) is 5.70. The number of unbranched alkanes of at least 4 members (excludes halogenated alkanes) is 2. The molecule has 2 aliphatic heterocycles. The molecule has 3 rings (SSSR count). The minimum Gasteiger partial charge on any atom is -0.371 e. The van der Waals surface area contributed by atoms with Crippen LogP contribution in [-0.2, 0) is 10.0 Å². The van der Waals surface area contributed by atoms with Crippen LogP contribution in [0.2, 0.25) is 0 Å². The van der Waals surface area contributed by atoms with Crippen LogP contribution < -0.4 is 10.2 Å². The van der Waals surface area contributed by atoms with Crippen molar-refractivity contribution in [1.82, 2.24) is 9.62 Å². The van der Waals surface area contributed by atoms with E-state index in [-0.39, 0.29) is 10.8 Å². The standard InChI is InChI=1S/C21H33N3O3S/c1-2-3-5-12-22-21(25)19-17-18(10-11-20(19)23-13-8-9-14-23)28(26,27)24-15-6-4-7-16-24/h10-11,17H,2-9,12-16H2,1H3,(H,22,25). The van der Waals surface area contributed by atoms with Crippen molar-refractivity contribution in [1.29, 1.82) is 0 Å². The molecule has 2 saturated heterocycles. The maximum Gasteiger partial charge on any atom is 0.253 e. The lowest BCUT2D eigenvalue weighted by atomic mass is 10.1. The van der Waals surface area contributed by atoms with Crippen molar-refractivity contribution >= 4 is 21.6 Å². The molecule has 156 valence electrons.